The van der Waals surface area contributed by atoms with Gasteiger partial charge in [0.2, 0.25) is 5.91 Å². The molecule has 0 saturated carbocycles. The molecule has 0 unspecified atom stereocenters. The Bertz CT molecular complexity index is 612. The molecule has 120 valence electrons. The lowest BCUT2D eigenvalue weighted by Crippen LogP contribution is -2.44. The first-order chi connectivity index (χ1) is 11.3. The van der Waals surface area contributed by atoms with Crippen LogP contribution in [0.2, 0.25) is 0 Å². The van der Waals surface area contributed by atoms with Gasteiger partial charge in [0.15, 0.2) is 0 Å². The Morgan fingerprint density at radius 3 is 2.30 bits per heavy atom. The van der Waals surface area contributed by atoms with Crippen molar-refractivity contribution in [3.8, 4) is 0 Å². The van der Waals surface area contributed by atoms with E-state index in [9.17, 15) is 4.79 Å². The van der Waals surface area contributed by atoms with Crippen molar-refractivity contribution in [2.24, 2.45) is 0 Å². The Morgan fingerprint density at radius 2 is 1.61 bits per heavy atom. The molecule has 1 heterocycles. The van der Waals surface area contributed by atoms with Crippen LogP contribution < -0.4 is 5.32 Å². The number of carbonyl (C=O) groups is 1. The Hall–Kier alpha value is -2.13. The first-order valence-corrected chi connectivity index (χ1v) is 8.42. The Balaban J connectivity index is 1.70. The molecular formula is C20H24N2O. The second kappa shape index (κ2) is 7.93. The lowest BCUT2D eigenvalue weighted by Gasteiger charge is -2.28. The highest BCUT2D eigenvalue weighted by Gasteiger charge is 2.27. The van der Waals surface area contributed by atoms with E-state index in [0.717, 1.165) is 38.9 Å². The van der Waals surface area contributed by atoms with Crippen molar-refractivity contribution < 1.29 is 4.79 Å². The lowest BCUT2D eigenvalue weighted by molar-refractivity contribution is -0.125. The molecule has 1 fully saturated rings. The first kappa shape index (κ1) is 15.8. The molecule has 3 nitrogen and oxygen atoms in total. The molecule has 2 aromatic rings. The van der Waals surface area contributed by atoms with E-state index < -0.39 is 0 Å². The molecule has 1 atom stereocenters. The van der Waals surface area contributed by atoms with Gasteiger partial charge in [-0.25, -0.2) is 0 Å². The van der Waals surface area contributed by atoms with Gasteiger partial charge in [-0.1, -0.05) is 60.7 Å². The molecule has 0 spiro atoms. The van der Waals surface area contributed by atoms with Crippen molar-refractivity contribution >= 4 is 5.91 Å². The van der Waals surface area contributed by atoms with Gasteiger partial charge >= 0.3 is 0 Å². The van der Waals surface area contributed by atoms with Gasteiger partial charge in [0.25, 0.3) is 0 Å². The number of hydrogen-bond acceptors (Lipinski definition) is 2. The van der Waals surface area contributed by atoms with Crippen LogP contribution in [-0.4, -0.2) is 29.9 Å². The van der Waals surface area contributed by atoms with Crippen molar-refractivity contribution in [2.45, 2.75) is 31.8 Å². The van der Waals surface area contributed by atoms with E-state index in [1.165, 1.54) is 11.1 Å². The molecule has 2 aromatic carbocycles. The standard InChI is InChI=1S/C20H24N2O/c23-20-19(13-12-17-8-3-1-4-9-17)22(15-7-14-21-20)16-18-10-5-2-6-11-18/h1-6,8-11,19H,7,12-16H2,(H,21,23)/t19-/m0/s1. The first-order valence-electron chi connectivity index (χ1n) is 8.42. The van der Waals surface area contributed by atoms with Crippen LogP contribution in [0.3, 0.4) is 0 Å². The molecule has 1 aliphatic rings. The summed E-state index contributed by atoms with van der Waals surface area (Å²) < 4.78 is 0. The minimum Gasteiger partial charge on any atom is -0.355 e. The number of amides is 1. The third-order valence-corrected chi connectivity index (χ3v) is 4.44. The summed E-state index contributed by atoms with van der Waals surface area (Å²) in [6, 6.07) is 20.8. The Kier molecular flexibility index (Phi) is 5.43. The van der Waals surface area contributed by atoms with Gasteiger partial charge in [-0.15, -0.1) is 0 Å². The maximum atomic E-state index is 12.5. The van der Waals surface area contributed by atoms with Gasteiger partial charge in [0.1, 0.15) is 0 Å². The van der Waals surface area contributed by atoms with Crippen molar-refractivity contribution in [3.05, 3.63) is 71.8 Å². The number of carbonyl (C=O) groups excluding carboxylic acids is 1. The van der Waals surface area contributed by atoms with E-state index in [1.54, 1.807) is 0 Å². The van der Waals surface area contributed by atoms with E-state index in [2.05, 4.69) is 58.7 Å². The predicted octanol–water partition coefficient (Wildman–Crippen LogP) is 3.01. The molecule has 23 heavy (non-hydrogen) atoms. The van der Waals surface area contributed by atoms with Crippen LogP contribution in [0.15, 0.2) is 60.7 Å². The van der Waals surface area contributed by atoms with Gasteiger partial charge in [0, 0.05) is 19.6 Å². The van der Waals surface area contributed by atoms with Gasteiger partial charge in [-0.05, 0) is 30.4 Å². The fourth-order valence-corrected chi connectivity index (χ4v) is 3.20. The maximum absolute atomic E-state index is 12.5. The van der Waals surface area contributed by atoms with E-state index in [4.69, 9.17) is 0 Å². The lowest BCUT2D eigenvalue weighted by atomic mass is 10.0. The van der Waals surface area contributed by atoms with Crippen LogP contribution in [0.1, 0.15) is 24.0 Å². The molecule has 0 aliphatic carbocycles. The number of benzene rings is 2. The van der Waals surface area contributed by atoms with Crippen molar-refractivity contribution in [1.82, 2.24) is 10.2 Å². The molecule has 1 N–H and O–H groups in total. The highest BCUT2D eigenvalue weighted by Crippen LogP contribution is 2.16. The summed E-state index contributed by atoms with van der Waals surface area (Å²) in [5.41, 5.74) is 2.57. The van der Waals surface area contributed by atoms with E-state index >= 15 is 0 Å². The molecule has 0 radical (unpaired) electrons. The predicted molar refractivity (Wildman–Crippen MR) is 93.0 cm³/mol. The van der Waals surface area contributed by atoms with Crippen LogP contribution in [0.25, 0.3) is 0 Å². The number of nitrogens with one attached hydrogen (secondary N) is 1. The third kappa shape index (κ3) is 4.42. The fraction of sp³-hybridized carbons (Fsp3) is 0.350. The quantitative estimate of drug-likeness (QED) is 0.921. The van der Waals surface area contributed by atoms with Gasteiger partial charge in [-0.2, -0.15) is 0 Å². The summed E-state index contributed by atoms with van der Waals surface area (Å²) in [5.74, 6) is 0.175. The Morgan fingerprint density at radius 1 is 0.957 bits per heavy atom. The van der Waals surface area contributed by atoms with Crippen LogP contribution in [0.4, 0.5) is 0 Å². The number of rotatable bonds is 5. The molecule has 0 aromatic heterocycles. The zero-order valence-corrected chi connectivity index (χ0v) is 13.4. The van der Waals surface area contributed by atoms with Crippen LogP contribution in [0, 0.1) is 0 Å². The summed E-state index contributed by atoms with van der Waals surface area (Å²) in [7, 11) is 0. The average Bonchev–Trinajstić information content (AvgIpc) is 2.76. The summed E-state index contributed by atoms with van der Waals surface area (Å²) >= 11 is 0. The summed E-state index contributed by atoms with van der Waals surface area (Å²) in [5, 5.41) is 3.07. The van der Waals surface area contributed by atoms with Crippen LogP contribution >= 0.6 is 0 Å². The smallest absolute Gasteiger partial charge is 0.237 e. The minimum atomic E-state index is -0.0436. The molecular weight excluding hydrogens is 284 g/mol. The van der Waals surface area contributed by atoms with E-state index in [0.29, 0.717) is 0 Å². The van der Waals surface area contributed by atoms with Gasteiger partial charge in [0.05, 0.1) is 6.04 Å². The second-order valence-electron chi connectivity index (χ2n) is 6.14. The van der Waals surface area contributed by atoms with Crippen molar-refractivity contribution in [2.75, 3.05) is 13.1 Å². The molecule has 1 saturated heterocycles. The zero-order chi connectivity index (χ0) is 15.9. The second-order valence-corrected chi connectivity index (χ2v) is 6.14. The Labute approximate surface area is 138 Å². The minimum absolute atomic E-state index is 0.0436. The van der Waals surface area contributed by atoms with E-state index in [-0.39, 0.29) is 11.9 Å². The van der Waals surface area contributed by atoms with Gasteiger partial charge in [-0.3, -0.25) is 9.69 Å². The maximum Gasteiger partial charge on any atom is 0.237 e. The zero-order valence-electron chi connectivity index (χ0n) is 13.4. The highest BCUT2D eigenvalue weighted by atomic mass is 16.2. The monoisotopic (exact) mass is 308 g/mol. The summed E-state index contributed by atoms with van der Waals surface area (Å²) in [6.45, 7) is 2.59. The topological polar surface area (TPSA) is 32.3 Å². The summed E-state index contributed by atoms with van der Waals surface area (Å²) in [6.07, 6.45) is 2.81. The van der Waals surface area contributed by atoms with E-state index in [1.807, 2.05) is 12.1 Å². The van der Waals surface area contributed by atoms with Crippen molar-refractivity contribution in [1.29, 1.82) is 0 Å². The highest BCUT2D eigenvalue weighted by molar-refractivity contribution is 5.82. The SMILES string of the molecule is O=C1NCCCN(Cc2ccccc2)[C@H]1CCc1ccccc1. The number of hydrogen-bond donors (Lipinski definition) is 1. The molecule has 3 rings (SSSR count). The van der Waals surface area contributed by atoms with Crippen molar-refractivity contribution in [3.63, 3.8) is 0 Å². The van der Waals surface area contributed by atoms with Crippen LogP contribution in [-0.2, 0) is 17.8 Å². The average molecular weight is 308 g/mol. The number of nitrogens with zero attached hydrogens (tertiary/aromatic N) is 1. The van der Waals surface area contributed by atoms with Crippen LogP contribution in [0.5, 0.6) is 0 Å². The molecule has 0 bridgehead atoms. The molecule has 3 heteroatoms. The molecule has 1 amide bonds. The largest absolute Gasteiger partial charge is 0.355 e. The van der Waals surface area contributed by atoms with Gasteiger partial charge < -0.3 is 5.32 Å². The number of aryl methyl sites for hydroxylation is 1. The summed E-state index contributed by atoms with van der Waals surface area (Å²) in [4.78, 5) is 14.8. The molecule has 1 aliphatic heterocycles. The normalized spacial score (nSPS) is 19.1. The third-order valence-electron chi connectivity index (χ3n) is 4.44. The fourth-order valence-electron chi connectivity index (χ4n) is 3.20.